The number of para-hydroxylation sites is 1. The Morgan fingerprint density at radius 3 is 2.55 bits per heavy atom. The average molecular weight is 515 g/mol. The molecule has 0 radical (unpaired) electrons. The molecule has 0 fully saturated rings. The number of nitrogens with one attached hydrogen (secondary N) is 2. The number of carbonyl (C=O) groups excluding carboxylic acids is 3. The Balaban J connectivity index is 1.49. The van der Waals surface area contributed by atoms with E-state index in [1.54, 1.807) is 61.5 Å². The summed E-state index contributed by atoms with van der Waals surface area (Å²) in [5.41, 5.74) is 1.96. The van der Waals surface area contributed by atoms with E-state index in [0.717, 1.165) is 0 Å². The second-order valence-corrected chi connectivity index (χ2v) is 8.31. The fraction of sp³-hybridized carbons (Fsp3) is 0.143. The highest BCUT2D eigenvalue weighted by Crippen LogP contribution is 2.29. The molecule has 2 amide bonds. The Kier molecular flexibility index (Phi) is 6.86. The van der Waals surface area contributed by atoms with Crippen LogP contribution in [0.1, 0.15) is 29.1 Å². The summed E-state index contributed by atoms with van der Waals surface area (Å²) in [5, 5.41) is 5.73. The molecule has 0 saturated carbocycles. The quantitative estimate of drug-likeness (QED) is 0.344. The van der Waals surface area contributed by atoms with E-state index >= 15 is 0 Å². The summed E-state index contributed by atoms with van der Waals surface area (Å²) in [6.45, 7) is 1.34. The second-order valence-electron chi connectivity index (χ2n) is 8.31. The number of aromatic nitrogens is 1. The third-order valence-electron chi connectivity index (χ3n) is 5.90. The Labute approximate surface area is 216 Å². The lowest BCUT2D eigenvalue weighted by Crippen LogP contribution is -2.47. The maximum Gasteiger partial charge on any atom is 0.339 e. The van der Waals surface area contributed by atoms with Crippen LogP contribution in [0.5, 0.6) is 0 Å². The van der Waals surface area contributed by atoms with Crippen molar-refractivity contribution >= 4 is 28.9 Å². The van der Waals surface area contributed by atoms with Crippen LogP contribution >= 0.6 is 0 Å². The first-order valence-electron chi connectivity index (χ1n) is 11.8. The molecule has 2 N–H and O–H groups in total. The molecule has 0 saturated heterocycles. The zero-order valence-corrected chi connectivity index (χ0v) is 20.2. The average Bonchev–Trinajstić information content (AvgIpc) is 3.46. The molecule has 1 aliphatic heterocycles. The minimum absolute atomic E-state index is 0.0563. The van der Waals surface area contributed by atoms with Crippen LogP contribution in [0.3, 0.4) is 0 Å². The van der Waals surface area contributed by atoms with Crippen molar-refractivity contribution < 1.29 is 32.7 Å². The number of hydrogen-bond acceptors (Lipinski definition) is 7. The van der Waals surface area contributed by atoms with Crippen molar-refractivity contribution in [1.29, 1.82) is 0 Å². The van der Waals surface area contributed by atoms with Crippen LogP contribution in [0.4, 0.5) is 9.18 Å². The van der Waals surface area contributed by atoms with E-state index < -0.39 is 36.4 Å². The number of nitrogens with zero attached hydrogens (tertiary/aromatic N) is 1. The SMILES string of the molecule is CCOC(=O)C1=C(COC(=O)c2cc(-c3ccc(F)cc3)nc3ccccc23)NC(=O)NC1c1ccco1. The van der Waals surface area contributed by atoms with Crippen LogP contribution in [-0.4, -0.2) is 36.2 Å². The highest BCUT2D eigenvalue weighted by molar-refractivity contribution is 6.04. The van der Waals surface area contributed by atoms with Crippen LogP contribution in [-0.2, 0) is 14.3 Å². The van der Waals surface area contributed by atoms with E-state index in [4.69, 9.17) is 13.9 Å². The highest BCUT2D eigenvalue weighted by Gasteiger charge is 2.36. The number of pyridine rings is 1. The lowest BCUT2D eigenvalue weighted by molar-refractivity contribution is -0.139. The van der Waals surface area contributed by atoms with Gasteiger partial charge in [-0.15, -0.1) is 0 Å². The first kappa shape index (κ1) is 24.7. The third-order valence-corrected chi connectivity index (χ3v) is 5.90. The molecule has 1 atom stereocenters. The summed E-state index contributed by atoms with van der Waals surface area (Å²) in [7, 11) is 0. The van der Waals surface area contributed by atoms with Gasteiger partial charge in [0, 0.05) is 10.9 Å². The molecule has 0 spiro atoms. The van der Waals surface area contributed by atoms with Gasteiger partial charge in [0.05, 0.1) is 40.9 Å². The third kappa shape index (κ3) is 4.96. The van der Waals surface area contributed by atoms with Gasteiger partial charge < -0.3 is 24.5 Å². The number of benzene rings is 2. The van der Waals surface area contributed by atoms with Crippen molar-refractivity contribution in [2.45, 2.75) is 13.0 Å². The second kappa shape index (κ2) is 10.6. The van der Waals surface area contributed by atoms with E-state index in [-0.39, 0.29) is 23.4 Å². The zero-order chi connectivity index (χ0) is 26.6. The molecule has 38 heavy (non-hydrogen) atoms. The molecule has 5 rings (SSSR count). The lowest BCUT2D eigenvalue weighted by Gasteiger charge is -2.27. The number of hydrogen-bond donors (Lipinski definition) is 2. The molecule has 192 valence electrons. The molecule has 0 aliphatic carbocycles. The maximum absolute atomic E-state index is 13.4. The van der Waals surface area contributed by atoms with E-state index in [0.29, 0.717) is 27.9 Å². The van der Waals surface area contributed by atoms with Crippen molar-refractivity contribution in [3.05, 3.63) is 101 Å². The topological polar surface area (TPSA) is 120 Å². The molecule has 1 unspecified atom stereocenters. The number of halogens is 1. The number of urea groups is 1. The van der Waals surface area contributed by atoms with Gasteiger partial charge in [-0.05, 0) is 55.5 Å². The molecule has 9 nitrogen and oxygen atoms in total. The number of amides is 2. The fourth-order valence-corrected chi connectivity index (χ4v) is 4.18. The van der Waals surface area contributed by atoms with Gasteiger partial charge in [0.2, 0.25) is 0 Å². The van der Waals surface area contributed by atoms with Gasteiger partial charge in [-0.3, -0.25) is 0 Å². The van der Waals surface area contributed by atoms with Gasteiger partial charge in [0.25, 0.3) is 0 Å². The van der Waals surface area contributed by atoms with Crippen molar-refractivity contribution in [2.24, 2.45) is 0 Å². The van der Waals surface area contributed by atoms with E-state index in [1.165, 1.54) is 18.4 Å². The number of ether oxygens (including phenoxy) is 2. The van der Waals surface area contributed by atoms with Crippen LogP contribution < -0.4 is 10.6 Å². The molecular weight excluding hydrogens is 493 g/mol. The molecule has 1 aliphatic rings. The van der Waals surface area contributed by atoms with Gasteiger partial charge in [0.1, 0.15) is 24.2 Å². The smallest absolute Gasteiger partial charge is 0.339 e. The normalized spacial score (nSPS) is 15.1. The first-order chi connectivity index (χ1) is 18.4. The van der Waals surface area contributed by atoms with Crippen LogP contribution in [0, 0.1) is 5.82 Å². The Morgan fingerprint density at radius 1 is 1.03 bits per heavy atom. The first-order valence-corrected chi connectivity index (χ1v) is 11.8. The molecule has 3 heterocycles. The summed E-state index contributed by atoms with van der Waals surface area (Å²) < 4.78 is 29.6. The monoisotopic (exact) mass is 515 g/mol. The minimum atomic E-state index is -0.932. The van der Waals surface area contributed by atoms with E-state index in [9.17, 15) is 18.8 Å². The minimum Gasteiger partial charge on any atom is -0.467 e. The summed E-state index contributed by atoms with van der Waals surface area (Å²) in [6, 6.07) is 16.0. The fourth-order valence-electron chi connectivity index (χ4n) is 4.18. The zero-order valence-electron chi connectivity index (χ0n) is 20.2. The molecule has 10 heteroatoms. The molecule has 2 aromatic carbocycles. The van der Waals surface area contributed by atoms with Crippen LogP contribution in [0.15, 0.2) is 88.7 Å². The van der Waals surface area contributed by atoms with Gasteiger partial charge in [0.15, 0.2) is 0 Å². The van der Waals surface area contributed by atoms with Crippen molar-refractivity contribution in [3.63, 3.8) is 0 Å². The Hall–Kier alpha value is -4.99. The number of rotatable bonds is 7. The van der Waals surface area contributed by atoms with Crippen molar-refractivity contribution in [2.75, 3.05) is 13.2 Å². The summed E-state index contributed by atoms with van der Waals surface area (Å²) in [5.74, 6) is -1.47. The predicted molar refractivity (Wildman–Crippen MR) is 134 cm³/mol. The summed E-state index contributed by atoms with van der Waals surface area (Å²) in [6.07, 6.45) is 1.42. The number of carbonyl (C=O) groups is 3. The van der Waals surface area contributed by atoms with Crippen LogP contribution in [0.25, 0.3) is 22.2 Å². The number of esters is 2. The molecule has 2 aromatic heterocycles. The molecule has 0 bridgehead atoms. The summed E-state index contributed by atoms with van der Waals surface area (Å²) in [4.78, 5) is 43.2. The summed E-state index contributed by atoms with van der Waals surface area (Å²) >= 11 is 0. The largest absolute Gasteiger partial charge is 0.467 e. The van der Waals surface area contributed by atoms with E-state index in [2.05, 4.69) is 15.6 Å². The van der Waals surface area contributed by atoms with Gasteiger partial charge >= 0.3 is 18.0 Å². The molecule has 4 aromatic rings. The lowest BCUT2D eigenvalue weighted by atomic mass is 10.0. The van der Waals surface area contributed by atoms with E-state index in [1.807, 2.05) is 0 Å². The van der Waals surface area contributed by atoms with Crippen LogP contribution in [0.2, 0.25) is 0 Å². The highest BCUT2D eigenvalue weighted by atomic mass is 19.1. The van der Waals surface area contributed by atoms with Gasteiger partial charge in [-0.25, -0.2) is 23.8 Å². The maximum atomic E-state index is 13.4. The Morgan fingerprint density at radius 2 is 1.82 bits per heavy atom. The predicted octanol–water partition coefficient (Wildman–Crippen LogP) is 4.66. The van der Waals surface area contributed by atoms with Gasteiger partial charge in [-0.1, -0.05) is 18.2 Å². The van der Waals surface area contributed by atoms with Gasteiger partial charge in [-0.2, -0.15) is 0 Å². The molecular formula is C28H22FN3O6. The standard InChI is InChI=1S/C28H22FN3O6/c1-2-36-27(34)24-22(31-28(35)32-25(24)23-8-5-13-37-23)15-38-26(33)19-14-21(16-9-11-17(29)12-10-16)30-20-7-4-3-6-18(19)20/h3-14,25H,2,15H2,1H3,(H2,31,32,35). The number of furan rings is 1. The Bertz CT molecular complexity index is 1550. The van der Waals surface area contributed by atoms with Crippen molar-refractivity contribution in [3.8, 4) is 11.3 Å². The number of fused-ring (bicyclic) bond motifs is 1. The van der Waals surface area contributed by atoms with Crippen molar-refractivity contribution in [1.82, 2.24) is 15.6 Å².